The van der Waals surface area contributed by atoms with Crippen molar-refractivity contribution in [1.29, 1.82) is 5.26 Å². The molecule has 0 saturated heterocycles. The van der Waals surface area contributed by atoms with Gasteiger partial charge in [-0.2, -0.15) is 5.26 Å². The maximum atomic E-state index is 8.24. The van der Waals surface area contributed by atoms with Gasteiger partial charge in [0, 0.05) is 0 Å². The minimum absolute atomic E-state index is 0.320. The summed E-state index contributed by atoms with van der Waals surface area (Å²) in [5.74, 6) is 1.48. The molecule has 1 rings (SSSR count). The lowest BCUT2D eigenvalue weighted by atomic mass is 10.4. The number of nitriles is 1. The van der Waals surface area contributed by atoms with E-state index in [0.717, 1.165) is 11.5 Å². The zero-order valence-electron chi connectivity index (χ0n) is 7.22. The largest absolute Gasteiger partial charge is 0.444 e. The fraction of sp³-hybridized carbons (Fsp3) is 0.500. The average molecular weight is 165 g/mol. The summed E-state index contributed by atoms with van der Waals surface area (Å²) in [6.07, 6.45) is 0. The molecule has 0 bridgehead atoms. The van der Waals surface area contributed by atoms with E-state index in [9.17, 15) is 0 Å². The summed E-state index contributed by atoms with van der Waals surface area (Å²) in [5.41, 5.74) is 0.906. The van der Waals surface area contributed by atoms with Crippen molar-refractivity contribution in [2.24, 2.45) is 0 Å². The summed E-state index contributed by atoms with van der Waals surface area (Å²) in [4.78, 5) is 4.14. The van der Waals surface area contributed by atoms with Crippen LogP contribution in [0.3, 0.4) is 0 Å². The number of hydrogen-bond acceptors (Lipinski definition) is 4. The molecule has 0 atom stereocenters. The Kier molecular flexibility index (Phi) is 2.83. The molecule has 0 spiro atoms. The van der Waals surface area contributed by atoms with Crippen LogP contribution in [-0.2, 0) is 6.54 Å². The molecule has 0 radical (unpaired) electrons. The lowest BCUT2D eigenvalue weighted by Crippen LogP contribution is -2.13. The van der Waals surface area contributed by atoms with E-state index in [1.807, 2.05) is 19.9 Å². The van der Waals surface area contributed by atoms with Gasteiger partial charge in [-0.1, -0.05) is 0 Å². The third-order valence-electron chi connectivity index (χ3n) is 1.55. The van der Waals surface area contributed by atoms with Crippen LogP contribution in [0.2, 0.25) is 0 Å². The topological polar surface area (TPSA) is 61.9 Å². The van der Waals surface area contributed by atoms with Gasteiger partial charge in [-0.3, -0.25) is 5.32 Å². The highest BCUT2D eigenvalue weighted by Crippen LogP contribution is 2.07. The highest BCUT2D eigenvalue weighted by Gasteiger charge is 2.03. The maximum absolute atomic E-state index is 8.24. The third-order valence-corrected chi connectivity index (χ3v) is 1.55. The van der Waals surface area contributed by atoms with Crippen LogP contribution in [0.15, 0.2) is 4.42 Å². The second kappa shape index (κ2) is 3.88. The van der Waals surface area contributed by atoms with Crippen molar-refractivity contribution in [3.8, 4) is 6.07 Å². The Balaban J connectivity index is 2.48. The van der Waals surface area contributed by atoms with Crippen molar-refractivity contribution < 1.29 is 4.42 Å². The van der Waals surface area contributed by atoms with Gasteiger partial charge < -0.3 is 4.42 Å². The molecule has 0 saturated carbocycles. The van der Waals surface area contributed by atoms with Crippen LogP contribution in [0.4, 0.5) is 0 Å². The summed E-state index contributed by atoms with van der Waals surface area (Å²) < 4.78 is 5.28. The number of nitrogens with one attached hydrogen (secondary N) is 1. The normalized spacial score (nSPS) is 9.75. The van der Waals surface area contributed by atoms with Crippen LogP contribution in [0.1, 0.15) is 17.3 Å². The molecular formula is C8H11N3O. The van der Waals surface area contributed by atoms with Gasteiger partial charge in [0.1, 0.15) is 5.76 Å². The Morgan fingerprint density at radius 1 is 1.58 bits per heavy atom. The molecule has 0 amide bonds. The highest BCUT2D eigenvalue weighted by atomic mass is 16.4. The number of nitrogens with zero attached hydrogens (tertiary/aromatic N) is 2. The zero-order valence-corrected chi connectivity index (χ0v) is 7.22. The van der Waals surface area contributed by atoms with Gasteiger partial charge in [-0.15, -0.1) is 0 Å². The Bertz CT molecular complexity index is 278. The molecule has 0 aliphatic rings. The van der Waals surface area contributed by atoms with Crippen LogP contribution >= 0.6 is 0 Å². The SMILES string of the molecule is Cc1nc(CNCC#N)oc1C. The van der Waals surface area contributed by atoms with Crippen molar-refractivity contribution in [2.75, 3.05) is 6.54 Å². The standard InChI is InChI=1S/C8H11N3O/c1-6-7(2)12-8(11-6)5-10-4-3-9/h10H,4-5H2,1-2H3. The molecule has 0 fully saturated rings. The summed E-state index contributed by atoms with van der Waals surface area (Å²) >= 11 is 0. The fourth-order valence-corrected chi connectivity index (χ4v) is 0.840. The number of rotatable bonds is 3. The second-order valence-electron chi connectivity index (χ2n) is 2.51. The molecule has 1 aromatic rings. The predicted octanol–water partition coefficient (Wildman–Crippen LogP) is 0.905. The van der Waals surface area contributed by atoms with E-state index in [1.54, 1.807) is 0 Å². The molecule has 0 unspecified atom stereocenters. The van der Waals surface area contributed by atoms with Gasteiger partial charge in [0.05, 0.1) is 24.9 Å². The van der Waals surface area contributed by atoms with Gasteiger partial charge >= 0.3 is 0 Å². The molecular weight excluding hydrogens is 154 g/mol. The van der Waals surface area contributed by atoms with E-state index in [-0.39, 0.29) is 0 Å². The first-order chi connectivity index (χ1) is 5.74. The van der Waals surface area contributed by atoms with Crippen LogP contribution < -0.4 is 5.32 Å². The van der Waals surface area contributed by atoms with Crippen LogP contribution in [0, 0.1) is 25.2 Å². The predicted molar refractivity (Wildman–Crippen MR) is 43.3 cm³/mol. The van der Waals surface area contributed by atoms with Crippen LogP contribution in [0.25, 0.3) is 0 Å². The molecule has 4 heteroatoms. The Morgan fingerprint density at radius 3 is 2.83 bits per heavy atom. The van der Waals surface area contributed by atoms with E-state index in [4.69, 9.17) is 9.68 Å². The fourth-order valence-electron chi connectivity index (χ4n) is 0.840. The number of oxazole rings is 1. The average Bonchev–Trinajstić information content (AvgIpc) is 2.32. The van der Waals surface area contributed by atoms with Crippen molar-refractivity contribution in [3.63, 3.8) is 0 Å². The summed E-state index contributed by atoms with van der Waals surface area (Å²) in [6.45, 7) is 4.60. The smallest absolute Gasteiger partial charge is 0.208 e. The van der Waals surface area contributed by atoms with Gasteiger partial charge in [0.2, 0.25) is 5.89 Å². The van der Waals surface area contributed by atoms with Crippen molar-refractivity contribution >= 4 is 0 Å². The van der Waals surface area contributed by atoms with E-state index >= 15 is 0 Å². The first kappa shape index (κ1) is 8.75. The van der Waals surface area contributed by atoms with E-state index in [0.29, 0.717) is 19.0 Å². The van der Waals surface area contributed by atoms with Crippen LogP contribution in [-0.4, -0.2) is 11.5 Å². The van der Waals surface area contributed by atoms with E-state index in [2.05, 4.69) is 10.3 Å². The molecule has 1 aromatic heterocycles. The first-order valence-electron chi connectivity index (χ1n) is 3.74. The molecule has 0 aliphatic heterocycles. The number of aromatic nitrogens is 1. The van der Waals surface area contributed by atoms with E-state index < -0.39 is 0 Å². The monoisotopic (exact) mass is 165 g/mol. The Morgan fingerprint density at radius 2 is 2.33 bits per heavy atom. The van der Waals surface area contributed by atoms with Crippen LogP contribution in [0.5, 0.6) is 0 Å². The van der Waals surface area contributed by atoms with Crippen molar-refractivity contribution in [2.45, 2.75) is 20.4 Å². The molecule has 64 valence electrons. The summed E-state index contributed by atoms with van der Waals surface area (Å²) in [7, 11) is 0. The zero-order chi connectivity index (χ0) is 8.97. The number of aryl methyl sites for hydroxylation is 2. The van der Waals surface area contributed by atoms with Crippen molar-refractivity contribution in [1.82, 2.24) is 10.3 Å². The quantitative estimate of drug-likeness (QED) is 0.534. The van der Waals surface area contributed by atoms with Gasteiger partial charge in [0.15, 0.2) is 0 Å². The summed E-state index contributed by atoms with van der Waals surface area (Å²) in [6, 6.07) is 1.98. The molecule has 12 heavy (non-hydrogen) atoms. The lowest BCUT2D eigenvalue weighted by Gasteiger charge is -1.92. The second-order valence-corrected chi connectivity index (χ2v) is 2.51. The molecule has 0 aromatic carbocycles. The van der Waals surface area contributed by atoms with E-state index in [1.165, 1.54) is 0 Å². The summed E-state index contributed by atoms with van der Waals surface area (Å²) in [5, 5.41) is 11.1. The molecule has 1 heterocycles. The van der Waals surface area contributed by atoms with Gasteiger partial charge in [0.25, 0.3) is 0 Å². The Hall–Kier alpha value is -1.34. The third kappa shape index (κ3) is 2.07. The Labute approximate surface area is 71.2 Å². The molecule has 1 N–H and O–H groups in total. The minimum Gasteiger partial charge on any atom is -0.444 e. The molecule has 0 aliphatic carbocycles. The molecule has 4 nitrogen and oxygen atoms in total. The van der Waals surface area contributed by atoms with Crippen molar-refractivity contribution in [3.05, 3.63) is 17.3 Å². The number of hydrogen-bond donors (Lipinski definition) is 1. The first-order valence-corrected chi connectivity index (χ1v) is 3.74. The lowest BCUT2D eigenvalue weighted by molar-refractivity contribution is 0.455. The van der Waals surface area contributed by atoms with Gasteiger partial charge in [-0.25, -0.2) is 4.98 Å². The van der Waals surface area contributed by atoms with Gasteiger partial charge in [-0.05, 0) is 13.8 Å². The maximum Gasteiger partial charge on any atom is 0.208 e. The minimum atomic E-state index is 0.320. The highest BCUT2D eigenvalue weighted by molar-refractivity contribution is 5.05.